The molecule has 9 heteroatoms. The molecule has 162 valence electrons. The first-order valence-corrected chi connectivity index (χ1v) is 11.1. The standard InChI is InChI=1S/C20H28BrClN2O5/c1-27-16-12-24(5-2-7-25)6-4-13(16)11-23-20(26)14-10-15(22)17(21)19-18(14)28-8-3-9-29-19/h10,13,16,25H,2-9,11-12H2,1H3,(H,23,26)/t13?,16-/m1/s1. The number of hydrogen-bond donors (Lipinski definition) is 2. The number of rotatable bonds is 7. The van der Waals surface area contributed by atoms with Crippen molar-refractivity contribution in [2.24, 2.45) is 5.92 Å². The number of ether oxygens (including phenoxy) is 3. The Morgan fingerprint density at radius 1 is 1.41 bits per heavy atom. The van der Waals surface area contributed by atoms with Gasteiger partial charge in [0, 0.05) is 45.7 Å². The molecule has 1 amide bonds. The molecule has 1 saturated heterocycles. The average Bonchev–Trinajstić information content (AvgIpc) is 2.99. The molecular formula is C20H28BrClN2O5. The Morgan fingerprint density at radius 3 is 2.90 bits per heavy atom. The van der Waals surface area contributed by atoms with E-state index in [4.69, 9.17) is 30.9 Å². The minimum atomic E-state index is -0.237. The number of piperidine rings is 1. The SMILES string of the molecule is CO[C@@H]1CN(CCCO)CCC1CNC(=O)c1cc(Cl)c(Br)c2c1OCCCO2. The number of hydrogen-bond acceptors (Lipinski definition) is 6. The molecule has 2 aliphatic heterocycles. The van der Waals surface area contributed by atoms with Gasteiger partial charge in [-0.15, -0.1) is 0 Å². The summed E-state index contributed by atoms with van der Waals surface area (Å²) in [4.78, 5) is 15.2. The minimum Gasteiger partial charge on any atom is -0.489 e. The third-order valence-corrected chi connectivity index (χ3v) is 6.71. The number of nitrogens with one attached hydrogen (secondary N) is 1. The lowest BCUT2D eigenvalue weighted by atomic mass is 9.93. The van der Waals surface area contributed by atoms with Gasteiger partial charge in [0.05, 0.1) is 34.4 Å². The summed E-state index contributed by atoms with van der Waals surface area (Å²) in [5.74, 6) is 0.889. The molecule has 0 saturated carbocycles. The molecule has 2 N–H and O–H groups in total. The van der Waals surface area contributed by atoms with E-state index < -0.39 is 0 Å². The lowest BCUT2D eigenvalue weighted by Crippen LogP contribution is -2.48. The minimum absolute atomic E-state index is 0.0351. The van der Waals surface area contributed by atoms with Crippen molar-refractivity contribution in [2.45, 2.75) is 25.4 Å². The van der Waals surface area contributed by atoms with Crippen molar-refractivity contribution in [3.63, 3.8) is 0 Å². The third kappa shape index (κ3) is 5.55. The van der Waals surface area contributed by atoms with E-state index in [1.54, 1.807) is 13.2 Å². The van der Waals surface area contributed by atoms with Crippen LogP contribution in [0.2, 0.25) is 5.02 Å². The Balaban J connectivity index is 1.66. The van der Waals surface area contributed by atoms with E-state index >= 15 is 0 Å². The van der Waals surface area contributed by atoms with Crippen LogP contribution in [-0.4, -0.2) is 75.1 Å². The fourth-order valence-corrected chi connectivity index (χ4v) is 4.38. The van der Waals surface area contributed by atoms with Crippen LogP contribution < -0.4 is 14.8 Å². The van der Waals surface area contributed by atoms with Crippen molar-refractivity contribution in [1.82, 2.24) is 10.2 Å². The van der Waals surface area contributed by atoms with Crippen LogP contribution in [0.1, 0.15) is 29.6 Å². The number of carbonyl (C=O) groups excluding carboxylic acids is 1. The summed E-state index contributed by atoms with van der Waals surface area (Å²) in [6, 6.07) is 1.61. The number of aliphatic hydroxyl groups excluding tert-OH is 1. The molecule has 2 heterocycles. The molecule has 2 atom stereocenters. The second-order valence-electron chi connectivity index (χ2n) is 7.34. The number of halogens is 2. The Labute approximate surface area is 184 Å². The molecule has 1 aromatic carbocycles. The predicted molar refractivity (Wildman–Crippen MR) is 114 cm³/mol. The number of likely N-dealkylation sites (tertiary alicyclic amines) is 1. The van der Waals surface area contributed by atoms with Gasteiger partial charge in [0.1, 0.15) is 0 Å². The summed E-state index contributed by atoms with van der Waals surface area (Å²) in [5, 5.41) is 12.5. The fourth-order valence-electron chi connectivity index (χ4n) is 3.78. The van der Waals surface area contributed by atoms with E-state index in [2.05, 4.69) is 26.1 Å². The number of aliphatic hydroxyl groups is 1. The maximum absolute atomic E-state index is 12.9. The van der Waals surface area contributed by atoms with Crippen LogP contribution in [0.5, 0.6) is 11.5 Å². The first-order valence-electron chi connectivity index (χ1n) is 9.97. The second-order valence-corrected chi connectivity index (χ2v) is 8.54. The van der Waals surface area contributed by atoms with Crippen molar-refractivity contribution in [1.29, 1.82) is 0 Å². The Kier molecular flexibility index (Phi) is 8.44. The van der Waals surface area contributed by atoms with Crippen LogP contribution in [0.4, 0.5) is 0 Å². The van der Waals surface area contributed by atoms with Gasteiger partial charge >= 0.3 is 0 Å². The zero-order valence-corrected chi connectivity index (χ0v) is 18.9. The second kappa shape index (κ2) is 10.8. The molecular weight excluding hydrogens is 464 g/mol. The average molecular weight is 492 g/mol. The highest BCUT2D eigenvalue weighted by molar-refractivity contribution is 9.10. The van der Waals surface area contributed by atoms with Crippen LogP contribution >= 0.6 is 27.5 Å². The summed E-state index contributed by atoms with van der Waals surface area (Å²) >= 11 is 9.72. The van der Waals surface area contributed by atoms with E-state index in [-0.39, 0.29) is 24.5 Å². The first kappa shape index (κ1) is 22.6. The van der Waals surface area contributed by atoms with Gasteiger partial charge in [0.15, 0.2) is 11.5 Å². The van der Waals surface area contributed by atoms with E-state index in [0.29, 0.717) is 46.3 Å². The maximum atomic E-state index is 12.9. The maximum Gasteiger partial charge on any atom is 0.255 e. The fraction of sp³-hybridized carbons (Fsp3) is 0.650. The van der Waals surface area contributed by atoms with E-state index in [9.17, 15) is 4.79 Å². The van der Waals surface area contributed by atoms with Crippen LogP contribution in [0, 0.1) is 5.92 Å². The van der Waals surface area contributed by atoms with Gasteiger partial charge in [0.25, 0.3) is 5.91 Å². The monoisotopic (exact) mass is 490 g/mol. The van der Waals surface area contributed by atoms with Gasteiger partial charge in [-0.1, -0.05) is 11.6 Å². The number of methoxy groups -OCH3 is 1. The molecule has 1 unspecified atom stereocenters. The van der Waals surface area contributed by atoms with E-state index in [0.717, 1.165) is 38.9 Å². The van der Waals surface area contributed by atoms with Gasteiger partial charge in [-0.2, -0.15) is 0 Å². The van der Waals surface area contributed by atoms with Gasteiger partial charge < -0.3 is 29.5 Å². The predicted octanol–water partition coefficient (Wildman–Crippen LogP) is 2.71. The van der Waals surface area contributed by atoms with Crippen molar-refractivity contribution in [3.05, 3.63) is 21.1 Å². The van der Waals surface area contributed by atoms with Crippen molar-refractivity contribution < 1.29 is 24.1 Å². The quantitative estimate of drug-likeness (QED) is 0.610. The lowest BCUT2D eigenvalue weighted by Gasteiger charge is -2.37. The molecule has 0 bridgehead atoms. The molecule has 0 spiro atoms. The summed E-state index contributed by atoms with van der Waals surface area (Å²) in [6.07, 6.45) is 2.45. The smallest absolute Gasteiger partial charge is 0.255 e. The van der Waals surface area contributed by atoms with Crippen LogP contribution in [-0.2, 0) is 4.74 Å². The molecule has 2 aliphatic rings. The van der Waals surface area contributed by atoms with Crippen molar-refractivity contribution in [3.8, 4) is 11.5 Å². The molecule has 7 nitrogen and oxygen atoms in total. The highest BCUT2D eigenvalue weighted by Crippen LogP contribution is 2.44. The molecule has 1 fully saturated rings. The van der Waals surface area contributed by atoms with Gasteiger partial charge in [-0.05, 0) is 41.4 Å². The van der Waals surface area contributed by atoms with Crippen molar-refractivity contribution >= 4 is 33.4 Å². The van der Waals surface area contributed by atoms with Crippen molar-refractivity contribution in [2.75, 3.05) is 53.1 Å². The van der Waals surface area contributed by atoms with Gasteiger partial charge in [0.2, 0.25) is 0 Å². The summed E-state index contributed by atoms with van der Waals surface area (Å²) < 4.78 is 17.8. The molecule has 29 heavy (non-hydrogen) atoms. The molecule has 0 aromatic heterocycles. The molecule has 1 aromatic rings. The Morgan fingerprint density at radius 2 is 2.17 bits per heavy atom. The molecule has 0 radical (unpaired) electrons. The lowest BCUT2D eigenvalue weighted by molar-refractivity contribution is -0.0116. The topological polar surface area (TPSA) is 80.3 Å². The van der Waals surface area contributed by atoms with Crippen LogP contribution in [0.15, 0.2) is 10.5 Å². The molecule has 0 aliphatic carbocycles. The summed E-state index contributed by atoms with van der Waals surface area (Å²) in [7, 11) is 1.70. The third-order valence-electron chi connectivity index (χ3n) is 5.40. The number of nitrogens with zero attached hydrogens (tertiary/aromatic N) is 1. The van der Waals surface area contributed by atoms with E-state index in [1.165, 1.54) is 0 Å². The van der Waals surface area contributed by atoms with Crippen LogP contribution in [0.3, 0.4) is 0 Å². The highest BCUT2D eigenvalue weighted by Gasteiger charge is 2.30. The molecule has 3 rings (SSSR count). The van der Waals surface area contributed by atoms with Gasteiger partial charge in [-0.25, -0.2) is 0 Å². The van der Waals surface area contributed by atoms with E-state index in [1.807, 2.05) is 0 Å². The Bertz CT molecular complexity index is 721. The Hall–Kier alpha value is -1.06. The zero-order chi connectivity index (χ0) is 20.8. The van der Waals surface area contributed by atoms with Crippen LogP contribution in [0.25, 0.3) is 0 Å². The largest absolute Gasteiger partial charge is 0.489 e. The summed E-state index contributed by atoms with van der Waals surface area (Å²) in [6.45, 7) is 4.28. The highest BCUT2D eigenvalue weighted by atomic mass is 79.9. The number of fused-ring (bicyclic) bond motifs is 1. The summed E-state index contributed by atoms with van der Waals surface area (Å²) in [5.41, 5.74) is 0.379. The zero-order valence-electron chi connectivity index (χ0n) is 16.6. The normalized spacial score (nSPS) is 22.2. The number of amides is 1. The first-order chi connectivity index (χ1) is 14.0. The van der Waals surface area contributed by atoms with Gasteiger partial charge in [-0.3, -0.25) is 4.79 Å². The number of benzene rings is 1. The number of carbonyl (C=O) groups is 1.